The number of benzene rings is 2. The molecule has 0 fully saturated rings. The van der Waals surface area contributed by atoms with Crippen molar-refractivity contribution in [3.63, 3.8) is 0 Å². The van der Waals surface area contributed by atoms with Crippen molar-refractivity contribution < 1.29 is 10.0 Å². The summed E-state index contributed by atoms with van der Waals surface area (Å²) in [6.45, 7) is 1.75. The molecule has 2 rings (SSSR count). The second-order valence-corrected chi connectivity index (χ2v) is 5.08. The average Bonchev–Trinajstić information content (AvgIpc) is 2.40. The van der Waals surface area contributed by atoms with Gasteiger partial charge in [-0.2, -0.15) is 0 Å². The number of aryl methyl sites for hydroxylation is 1. The molecule has 0 amide bonds. The fourth-order valence-corrected chi connectivity index (χ4v) is 2.10. The Labute approximate surface area is 123 Å². The standard InChI is InChI=1S/C14H11BrN2O3/c1-9-3-2-4-12(17(19)20)14(9)16-8-10-7-11(15)5-6-13(10)18/h2-8,18H,1H3. The van der Waals surface area contributed by atoms with Crippen LogP contribution in [0.5, 0.6) is 5.75 Å². The Hall–Kier alpha value is -2.21. The summed E-state index contributed by atoms with van der Waals surface area (Å²) < 4.78 is 0.788. The van der Waals surface area contributed by atoms with Crippen LogP contribution in [0, 0.1) is 17.0 Å². The first kappa shape index (κ1) is 14.2. The SMILES string of the molecule is Cc1cccc([N+](=O)[O-])c1N=Cc1cc(Br)ccc1O. The number of nitrogens with zero attached hydrogens (tertiary/aromatic N) is 2. The Bertz CT molecular complexity index is 699. The monoisotopic (exact) mass is 334 g/mol. The highest BCUT2D eigenvalue weighted by Crippen LogP contribution is 2.31. The molecule has 0 bridgehead atoms. The summed E-state index contributed by atoms with van der Waals surface area (Å²) in [7, 11) is 0. The fraction of sp³-hybridized carbons (Fsp3) is 0.0714. The Kier molecular flexibility index (Phi) is 4.14. The summed E-state index contributed by atoms with van der Waals surface area (Å²) in [6, 6.07) is 9.67. The molecule has 0 aliphatic heterocycles. The molecule has 0 unspecified atom stereocenters. The Balaban J connectivity index is 2.46. The van der Waals surface area contributed by atoms with Gasteiger partial charge in [0.2, 0.25) is 0 Å². The first-order chi connectivity index (χ1) is 9.49. The molecule has 0 aromatic heterocycles. The fourth-order valence-electron chi connectivity index (χ4n) is 1.72. The van der Waals surface area contributed by atoms with E-state index >= 15 is 0 Å². The smallest absolute Gasteiger partial charge is 0.295 e. The van der Waals surface area contributed by atoms with Gasteiger partial charge in [0.15, 0.2) is 0 Å². The van der Waals surface area contributed by atoms with Gasteiger partial charge in [-0.25, -0.2) is 4.99 Å². The van der Waals surface area contributed by atoms with E-state index in [0.29, 0.717) is 11.1 Å². The van der Waals surface area contributed by atoms with Crippen molar-refractivity contribution >= 4 is 33.5 Å². The molecule has 0 aliphatic carbocycles. The van der Waals surface area contributed by atoms with Crippen LogP contribution in [0.1, 0.15) is 11.1 Å². The van der Waals surface area contributed by atoms with Crippen molar-refractivity contribution in [1.29, 1.82) is 0 Å². The molecule has 5 nitrogen and oxygen atoms in total. The number of halogens is 1. The number of hydrogen-bond donors (Lipinski definition) is 1. The van der Waals surface area contributed by atoms with Gasteiger partial charge >= 0.3 is 0 Å². The number of aliphatic imine (C=N–C) groups is 1. The van der Waals surface area contributed by atoms with Crippen LogP contribution in [0.2, 0.25) is 0 Å². The number of hydrogen-bond acceptors (Lipinski definition) is 4. The van der Waals surface area contributed by atoms with E-state index in [2.05, 4.69) is 20.9 Å². The van der Waals surface area contributed by atoms with Gasteiger partial charge in [-0.05, 0) is 30.7 Å². The van der Waals surface area contributed by atoms with Crippen LogP contribution in [-0.4, -0.2) is 16.2 Å². The van der Waals surface area contributed by atoms with Gasteiger partial charge < -0.3 is 5.11 Å². The van der Waals surface area contributed by atoms with Crippen molar-refractivity contribution in [3.05, 3.63) is 62.1 Å². The van der Waals surface area contributed by atoms with Gasteiger partial charge in [0, 0.05) is 22.3 Å². The Morgan fingerprint density at radius 1 is 1.35 bits per heavy atom. The van der Waals surface area contributed by atoms with Gasteiger partial charge in [0.1, 0.15) is 11.4 Å². The lowest BCUT2D eigenvalue weighted by Gasteiger charge is -2.02. The molecule has 0 radical (unpaired) electrons. The van der Waals surface area contributed by atoms with Crippen LogP contribution >= 0.6 is 15.9 Å². The third-order valence-electron chi connectivity index (χ3n) is 2.74. The normalized spacial score (nSPS) is 10.9. The van der Waals surface area contributed by atoms with Crippen molar-refractivity contribution in [1.82, 2.24) is 0 Å². The quantitative estimate of drug-likeness (QED) is 0.521. The summed E-state index contributed by atoms with van der Waals surface area (Å²) in [5, 5.41) is 20.7. The maximum absolute atomic E-state index is 11.0. The highest BCUT2D eigenvalue weighted by molar-refractivity contribution is 9.10. The lowest BCUT2D eigenvalue weighted by molar-refractivity contribution is -0.384. The molecule has 2 aromatic rings. The number of phenolic OH excluding ortho intramolecular Hbond substituents is 1. The van der Waals surface area contributed by atoms with Crippen LogP contribution < -0.4 is 0 Å². The number of nitro groups is 1. The molecule has 2 aromatic carbocycles. The highest BCUT2D eigenvalue weighted by atomic mass is 79.9. The molecular weight excluding hydrogens is 324 g/mol. The summed E-state index contributed by atoms with van der Waals surface area (Å²) >= 11 is 3.29. The topological polar surface area (TPSA) is 75.7 Å². The minimum absolute atomic E-state index is 0.0595. The second-order valence-electron chi connectivity index (χ2n) is 4.16. The number of nitro benzene ring substituents is 1. The van der Waals surface area contributed by atoms with E-state index in [1.165, 1.54) is 18.3 Å². The molecule has 102 valence electrons. The number of para-hydroxylation sites is 1. The third kappa shape index (κ3) is 3.03. The van der Waals surface area contributed by atoms with E-state index < -0.39 is 4.92 Å². The zero-order valence-corrected chi connectivity index (χ0v) is 12.2. The Morgan fingerprint density at radius 3 is 2.80 bits per heavy atom. The van der Waals surface area contributed by atoms with E-state index in [9.17, 15) is 15.2 Å². The molecule has 1 N–H and O–H groups in total. The number of aromatic hydroxyl groups is 1. The van der Waals surface area contributed by atoms with Crippen molar-refractivity contribution in [3.8, 4) is 5.75 Å². The molecule has 0 saturated carbocycles. The van der Waals surface area contributed by atoms with Crippen molar-refractivity contribution in [2.24, 2.45) is 4.99 Å². The molecule has 20 heavy (non-hydrogen) atoms. The summed E-state index contributed by atoms with van der Waals surface area (Å²) in [5.41, 5.74) is 1.41. The second kappa shape index (κ2) is 5.83. The number of rotatable bonds is 3. The molecular formula is C14H11BrN2O3. The number of phenols is 1. The van der Waals surface area contributed by atoms with Gasteiger partial charge in [0.25, 0.3) is 5.69 Å². The van der Waals surface area contributed by atoms with Crippen LogP contribution in [0.3, 0.4) is 0 Å². The predicted molar refractivity (Wildman–Crippen MR) is 80.9 cm³/mol. The summed E-state index contributed by atoms with van der Waals surface area (Å²) in [5.74, 6) is 0.0631. The minimum Gasteiger partial charge on any atom is -0.507 e. The van der Waals surface area contributed by atoms with Crippen LogP contribution in [-0.2, 0) is 0 Å². The average molecular weight is 335 g/mol. The molecule has 0 spiro atoms. The summed E-state index contributed by atoms with van der Waals surface area (Å²) in [6.07, 6.45) is 1.41. The van der Waals surface area contributed by atoms with Gasteiger partial charge in [-0.3, -0.25) is 10.1 Å². The molecule has 0 aliphatic rings. The van der Waals surface area contributed by atoms with Gasteiger partial charge in [0.05, 0.1) is 4.92 Å². The summed E-state index contributed by atoms with van der Waals surface area (Å²) in [4.78, 5) is 14.7. The molecule has 0 atom stereocenters. The largest absolute Gasteiger partial charge is 0.507 e. The Morgan fingerprint density at radius 2 is 2.10 bits per heavy atom. The van der Waals surface area contributed by atoms with Gasteiger partial charge in [-0.15, -0.1) is 0 Å². The minimum atomic E-state index is -0.472. The van der Waals surface area contributed by atoms with E-state index in [0.717, 1.165) is 4.47 Å². The maximum atomic E-state index is 11.0. The zero-order chi connectivity index (χ0) is 14.7. The predicted octanol–water partition coefficient (Wildman–Crippen LogP) is 4.12. The molecule has 0 saturated heterocycles. The van der Waals surface area contributed by atoms with E-state index in [1.807, 2.05) is 0 Å². The van der Waals surface area contributed by atoms with E-state index in [-0.39, 0.29) is 17.1 Å². The van der Waals surface area contributed by atoms with Gasteiger partial charge in [-0.1, -0.05) is 28.1 Å². The maximum Gasteiger partial charge on any atom is 0.295 e. The van der Waals surface area contributed by atoms with Crippen LogP contribution in [0.4, 0.5) is 11.4 Å². The first-order valence-electron chi connectivity index (χ1n) is 5.75. The van der Waals surface area contributed by atoms with Crippen molar-refractivity contribution in [2.75, 3.05) is 0 Å². The van der Waals surface area contributed by atoms with E-state index in [4.69, 9.17) is 0 Å². The first-order valence-corrected chi connectivity index (χ1v) is 6.55. The van der Waals surface area contributed by atoms with Crippen molar-refractivity contribution in [2.45, 2.75) is 6.92 Å². The van der Waals surface area contributed by atoms with Crippen LogP contribution in [0.15, 0.2) is 45.9 Å². The third-order valence-corrected chi connectivity index (χ3v) is 3.23. The molecule has 0 heterocycles. The lowest BCUT2D eigenvalue weighted by atomic mass is 10.1. The van der Waals surface area contributed by atoms with Crippen LogP contribution in [0.25, 0.3) is 0 Å². The lowest BCUT2D eigenvalue weighted by Crippen LogP contribution is -1.91. The zero-order valence-electron chi connectivity index (χ0n) is 10.6. The van der Waals surface area contributed by atoms with E-state index in [1.54, 1.807) is 31.2 Å². The highest BCUT2D eigenvalue weighted by Gasteiger charge is 2.14. The molecule has 6 heteroatoms.